The van der Waals surface area contributed by atoms with E-state index in [0.29, 0.717) is 9.63 Å². The second-order valence-corrected chi connectivity index (χ2v) is 7.00. The maximum Gasteiger partial charge on any atom is 0.175 e. The minimum absolute atomic E-state index is 0.270. The van der Waals surface area contributed by atoms with Crippen LogP contribution in [0.4, 0.5) is 0 Å². The molecule has 1 heterocycles. The second kappa shape index (κ2) is 4.99. The molecule has 2 rings (SSSR count). The molecule has 0 amide bonds. The van der Waals surface area contributed by atoms with Crippen LogP contribution >= 0.6 is 27.5 Å². The quantitative estimate of drug-likeness (QED) is 0.781. The van der Waals surface area contributed by atoms with Crippen molar-refractivity contribution in [2.75, 3.05) is 6.26 Å². The van der Waals surface area contributed by atoms with Crippen molar-refractivity contribution >= 4 is 37.4 Å². The zero-order valence-electron chi connectivity index (χ0n) is 9.39. The zero-order chi connectivity index (χ0) is 13.3. The van der Waals surface area contributed by atoms with Crippen LogP contribution < -0.4 is 0 Å². The van der Waals surface area contributed by atoms with E-state index in [4.69, 9.17) is 11.6 Å². The Balaban J connectivity index is 2.62. The van der Waals surface area contributed by atoms with Gasteiger partial charge < -0.3 is 0 Å². The molecule has 0 unspecified atom stereocenters. The fourth-order valence-electron chi connectivity index (χ4n) is 1.52. The molecule has 0 aliphatic rings. The molecule has 94 valence electrons. The fourth-order valence-corrected chi connectivity index (χ4v) is 2.79. The van der Waals surface area contributed by atoms with E-state index in [-0.39, 0.29) is 4.90 Å². The molecular weight excluding hydrogens is 338 g/mol. The second-order valence-electron chi connectivity index (χ2n) is 3.79. The summed E-state index contributed by atoms with van der Waals surface area (Å²) in [6.07, 6.45) is 2.70. The Hall–Kier alpha value is -0.910. The Kier molecular flexibility index (Phi) is 3.75. The smallest absolute Gasteiger partial charge is 0.175 e. The summed E-state index contributed by atoms with van der Waals surface area (Å²) in [5.74, 6) is 0. The lowest BCUT2D eigenvalue weighted by Gasteiger charge is -2.06. The first kappa shape index (κ1) is 13.5. The summed E-state index contributed by atoms with van der Waals surface area (Å²) in [5, 5.41) is 0.498. The molecule has 0 fully saturated rings. The molecule has 0 aliphatic heterocycles. The zero-order valence-corrected chi connectivity index (χ0v) is 12.6. The minimum atomic E-state index is -3.22. The normalized spacial score (nSPS) is 11.5. The number of sulfone groups is 1. The van der Waals surface area contributed by atoms with Crippen LogP contribution in [-0.4, -0.2) is 19.7 Å². The van der Waals surface area contributed by atoms with E-state index in [1.54, 1.807) is 24.3 Å². The van der Waals surface area contributed by atoms with Crippen LogP contribution in [0.2, 0.25) is 5.02 Å². The molecule has 0 aliphatic carbocycles. The van der Waals surface area contributed by atoms with Gasteiger partial charge in [-0.2, -0.15) is 0 Å². The highest BCUT2D eigenvalue weighted by atomic mass is 79.9. The Morgan fingerprint density at radius 1 is 1.28 bits per heavy atom. The van der Waals surface area contributed by atoms with Gasteiger partial charge in [-0.1, -0.05) is 23.7 Å². The van der Waals surface area contributed by atoms with Gasteiger partial charge in [0.15, 0.2) is 9.84 Å². The summed E-state index contributed by atoms with van der Waals surface area (Å²) < 4.78 is 23.7. The number of halogens is 2. The van der Waals surface area contributed by atoms with Gasteiger partial charge in [-0.25, -0.2) is 13.4 Å². The highest BCUT2D eigenvalue weighted by Crippen LogP contribution is 2.30. The van der Waals surface area contributed by atoms with Gasteiger partial charge in [-0.05, 0) is 39.7 Å². The van der Waals surface area contributed by atoms with Gasteiger partial charge in [-0.15, -0.1) is 0 Å². The Morgan fingerprint density at radius 2 is 2.00 bits per heavy atom. The van der Waals surface area contributed by atoms with Crippen molar-refractivity contribution in [3.63, 3.8) is 0 Å². The van der Waals surface area contributed by atoms with Gasteiger partial charge in [0.05, 0.1) is 9.92 Å². The van der Waals surface area contributed by atoms with Crippen LogP contribution in [0.15, 0.2) is 46.0 Å². The van der Waals surface area contributed by atoms with Crippen molar-refractivity contribution in [3.05, 3.63) is 46.2 Å². The van der Waals surface area contributed by atoms with Crippen molar-refractivity contribution in [1.82, 2.24) is 4.98 Å². The predicted octanol–water partition coefficient (Wildman–Crippen LogP) is 3.57. The minimum Gasteiger partial charge on any atom is -0.247 e. The van der Waals surface area contributed by atoms with Gasteiger partial charge in [0.2, 0.25) is 0 Å². The number of nitrogens with zero attached hydrogens (tertiary/aromatic N) is 1. The van der Waals surface area contributed by atoms with Crippen LogP contribution in [0, 0.1) is 0 Å². The first-order valence-corrected chi connectivity index (χ1v) is 8.06. The van der Waals surface area contributed by atoms with Gasteiger partial charge in [-0.3, -0.25) is 0 Å². The third kappa shape index (κ3) is 2.91. The van der Waals surface area contributed by atoms with Crippen molar-refractivity contribution in [2.24, 2.45) is 0 Å². The third-order valence-electron chi connectivity index (χ3n) is 2.38. The summed E-state index contributed by atoms with van der Waals surface area (Å²) in [6, 6.07) is 8.41. The van der Waals surface area contributed by atoms with Crippen molar-refractivity contribution in [1.29, 1.82) is 0 Å². The van der Waals surface area contributed by atoms with Crippen molar-refractivity contribution in [3.8, 4) is 11.1 Å². The highest BCUT2D eigenvalue weighted by molar-refractivity contribution is 9.10. The predicted molar refractivity (Wildman–Crippen MR) is 75.5 cm³/mol. The number of rotatable bonds is 2. The van der Waals surface area contributed by atoms with Crippen LogP contribution in [0.3, 0.4) is 0 Å². The van der Waals surface area contributed by atoms with E-state index in [9.17, 15) is 8.42 Å². The SMILES string of the molecule is CS(=O)(=O)c1cccc(-c2cc(Cl)cnc2Br)c1. The third-order valence-corrected chi connectivity index (χ3v) is 4.33. The van der Waals surface area contributed by atoms with Gasteiger partial charge >= 0.3 is 0 Å². The number of aromatic nitrogens is 1. The number of pyridine rings is 1. The van der Waals surface area contributed by atoms with Gasteiger partial charge in [0.1, 0.15) is 4.60 Å². The summed E-state index contributed by atoms with van der Waals surface area (Å²) in [5.41, 5.74) is 1.51. The lowest BCUT2D eigenvalue weighted by molar-refractivity contribution is 0.602. The molecule has 3 nitrogen and oxygen atoms in total. The molecule has 6 heteroatoms. The van der Waals surface area contributed by atoms with E-state index < -0.39 is 9.84 Å². The largest absolute Gasteiger partial charge is 0.247 e. The van der Waals surface area contributed by atoms with E-state index >= 15 is 0 Å². The first-order chi connectivity index (χ1) is 8.38. The lowest BCUT2D eigenvalue weighted by atomic mass is 10.1. The van der Waals surface area contributed by atoms with Crippen molar-refractivity contribution < 1.29 is 8.42 Å². The topological polar surface area (TPSA) is 47.0 Å². The Labute approximate surface area is 119 Å². The van der Waals surface area contributed by atoms with Gasteiger partial charge in [0.25, 0.3) is 0 Å². The maximum absolute atomic E-state index is 11.5. The number of hydrogen-bond acceptors (Lipinski definition) is 3. The van der Waals surface area contributed by atoms with Crippen LogP contribution in [0.25, 0.3) is 11.1 Å². The molecule has 0 saturated heterocycles. The molecule has 0 atom stereocenters. The molecule has 0 N–H and O–H groups in total. The highest BCUT2D eigenvalue weighted by Gasteiger charge is 2.10. The van der Waals surface area contributed by atoms with Crippen molar-refractivity contribution in [2.45, 2.75) is 4.90 Å². The molecule has 2 aromatic rings. The molecule has 1 aromatic carbocycles. The average molecular weight is 347 g/mol. The summed E-state index contributed by atoms with van der Waals surface area (Å²) in [4.78, 5) is 4.35. The molecule has 1 aromatic heterocycles. The maximum atomic E-state index is 11.5. The molecule has 18 heavy (non-hydrogen) atoms. The van der Waals surface area contributed by atoms with Gasteiger partial charge in [0, 0.05) is 18.0 Å². The molecule has 0 bridgehead atoms. The Morgan fingerprint density at radius 3 is 2.67 bits per heavy atom. The molecule has 0 spiro atoms. The van der Waals surface area contributed by atoms with E-state index in [1.807, 2.05) is 6.07 Å². The monoisotopic (exact) mass is 345 g/mol. The fraction of sp³-hybridized carbons (Fsp3) is 0.0833. The van der Waals surface area contributed by atoms with E-state index in [2.05, 4.69) is 20.9 Å². The first-order valence-electron chi connectivity index (χ1n) is 4.99. The molecule has 0 radical (unpaired) electrons. The lowest BCUT2D eigenvalue weighted by Crippen LogP contribution is -1.97. The summed E-state index contributed by atoms with van der Waals surface area (Å²) >= 11 is 9.22. The number of hydrogen-bond donors (Lipinski definition) is 0. The van der Waals surface area contributed by atoms with Crippen LogP contribution in [0.1, 0.15) is 0 Å². The Bertz CT molecular complexity index is 701. The number of benzene rings is 1. The average Bonchev–Trinajstić information content (AvgIpc) is 2.31. The standard InChI is InChI=1S/C12H9BrClNO2S/c1-18(16,17)10-4-2-3-8(5-10)11-6-9(14)7-15-12(11)13/h2-7H,1H3. The summed E-state index contributed by atoms with van der Waals surface area (Å²) in [6.45, 7) is 0. The van der Waals surface area contributed by atoms with Crippen LogP contribution in [0.5, 0.6) is 0 Å². The molecular formula is C12H9BrClNO2S. The summed E-state index contributed by atoms with van der Waals surface area (Å²) in [7, 11) is -3.22. The van der Waals surface area contributed by atoms with E-state index in [1.165, 1.54) is 12.5 Å². The molecule has 0 saturated carbocycles. The van der Waals surface area contributed by atoms with Crippen LogP contribution in [-0.2, 0) is 9.84 Å². The van der Waals surface area contributed by atoms with E-state index in [0.717, 1.165) is 11.1 Å².